The number of nitrogen functional groups attached to an aromatic ring is 1. The van der Waals surface area contributed by atoms with Crippen molar-refractivity contribution < 1.29 is 4.79 Å². The molecule has 18 heavy (non-hydrogen) atoms. The van der Waals surface area contributed by atoms with E-state index < -0.39 is 0 Å². The zero-order valence-electron chi connectivity index (χ0n) is 10.3. The van der Waals surface area contributed by atoms with Crippen LogP contribution in [0.5, 0.6) is 0 Å². The average Bonchev–Trinajstić information content (AvgIpc) is 2.86. The van der Waals surface area contributed by atoms with Crippen molar-refractivity contribution >= 4 is 28.8 Å². The van der Waals surface area contributed by atoms with Gasteiger partial charge in [0.25, 0.3) is 5.91 Å². The van der Waals surface area contributed by atoms with Crippen LogP contribution in [-0.2, 0) is 6.42 Å². The van der Waals surface area contributed by atoms with E-state index in [9.17, 15) is 4.79 Å². The van der Waals surface area contributed by atoms with Gasteiger partial charge in [-0.1, -0.05) is 11.4 Å². The van der Waals surface area contributed by atoms with Crippen LogP contribution in [-0.4, -0.2) is 22.5 Å². The fourth-order valence-corrected chi connectivity index (χ4v) is 2.30. The molecule has 6 heteroatoms. The molecule has 2 N–H and O–H groups in total. The first-order valence-electron chi connectivity index (χ1n) is 5.58. The molecule has 2 rings (SSSR count). The summed E-state index contributed by atoms with van der Waals surface area (Å²) in [4.78, 5) is 14.5. The van der Waals surface area contributed by atoms with Crippen molar-refractivity contribution in [3.05, 3.63) is 34.8 Å². The van der Waals surface area contributed by atoms with Gasteiger partial charge in [-0.3, -0.25) is 4.79 Å². The number of carbonyl (C=O) groups is 1. The minimum Gasteiger partial charge on any atom is -0.399 e. The maximum Gasteiger partial charge on any atom is 0.271 e. The maximum absolute atomic E-state index is 12.3. The summed E-state index contributed by atoms with van der Waals surface area (Å²) in [5, 5.41) is 3.95. The highest BCUT2D eigenvalue weighted by Gasteiger charge is 2.19. The first-order chi connectivity index (χ1) is 8.63. The number of aryl methyl sites for hydroxylation is 1. The smallest absolute Gasteiger partial charge is 0.271 e. The first kappa shape index (κ1) is 12.5. The van der Waals surface area contributed by atoms with Crippen molar-refractivity contribution in [3.63, 3.8) is 0 Å². The van der Waals surface area contributed by atoms with Crippen LogP contribution in [0, 0.1) is 0 Å². The number of nitrogens with zero attached hydrogens (tertiary/aromatic N) is 3. The predicted molar refractivity (Wildman–Crippen MR) is 72.9 cm³/mol. The number of anilines is 2. The zero-order valence-corrected chi connectivity index (χ0v) is 11.1. The van der Waals surface area contributed by atoms with E-state index in [0.717, 1.165) is 22.9 Å². The minimum absolute atomic E-state index is 0.0911. The molecule has 1 heterocycles. The lowest BCUT2D eigenvalue weighted by Crippen LogP contribution is -2.26. The summed E-state index contributed by atoms with van der Waals surface area (Å²) < 4.78 is 3.83. The molecule has 0 aliphatic carbocycles. The van der Waals surface area contributed by atoms with Crippen molar-refractivity contribution in [2.24, 2.45) is 0 Å². The van der Waals surface area contributed by atoms with Gasteiger partial charge in [0, 0.05) is 18.4 Å². The second-order valence-corrected chi connectivity index (χ2v) is 4.61. The molecule has 0 saturated heterocycles. The number of hydrogen-bond donors (Lipinski definition) is 1. The van der Waals surface area contributed by atoms with Gasteiger partial charge in [0.1, 0.15) is 4.88 Å². The maximum atomic E-state index is 12.3. The number of amides is 1. The summed E-state index contributed by atoms with van der Waals surface area (Å²) in [5.74, 6) is -0.0911. The Morgan fingerprint density at radius 3 is 2.67 bits per heavy atom. The SMILES string of the molecule is CCc1nnsc1C(=O)N(C)c1ccc(N)cc1. The molecule has 0 aliphatic heterocycles. The summed E-state index contributed by atoms with van der Waals surface area (Å²) >= 11 is 1.13. The minimum atomic E-state index is -0.0911. The highest BCUT2D eigenvalue weighted by molar-refractivity contribution is 7.08. The van der Waals surface area contributed by atoms with E-state index in [2.05, 4.69) is 9.59 Å². The Morgan fingerprint density at radius 1 is 1.39 bits per heavy atom. The Kier molecular flexibility index (Phi) is 3.57. The van der Waals surface area contributed by atoms with Crippen LogP contribution in [0.2, 0.25) is 0 Å². The van der Waals surface area contributed by atoms with E-state index in [1.165, 1.54) is 0 Å². The first-order valence-corrected chi connectivity index (χ1v) is 6.35. The Balaban J connectivity index is 2.26. The highest BCUT2D eigenvalue weighted by atomic mass is 32.1. The molecule has 1 aromatic heterocycles. The van der Waals surface area contributed by atoms with Crippen molar-refractivity contribution in [3.8, 4) is 0 Å². The Labute approximate surface area is 109 Å². The second-order valence-electron chi connectivity index (χ2n) is 3.86. The Hall–Kier alpha value is -1.95. The van der Waals surface area contributed by atoms with Crippen LogP contribution < -0.4 is 10.6 Å². The van der Waals surface area contributed by atoms with Crippen molar-refractivity contribution in [1.82, 2.24) is 9.59 Å². The molecule has 0 spiro atoms. The third-order valence-corrected chi connectivity index (χ3v) is 3.43. The van der Waals surface area contributed by atoms with E-state index >= 15 is 0 Å². The quantitative estimate of drug-likeness (QED) is 0.858. The lowest BCUT2D eigenvalue weighted by molar-refractivity contribution is 0.0996. The lowest BCUT2D eigenvalue weighted by Gasteiger charge is -2.16. The van der Waals surface area contributed by atoms with Crippen LogP contribution in [0.25, 0.3) is 0 Å². The molecule has 0 radical (unpaired) electrons. The normalized spacial score (nSPS) is 10.3. The standard InChI is InChI=1S/C12H14N4OS/c1-3-10-11(18-15-14-10)12(17)16(2)9-6-4-8(13)5-7-9/h4-7H,3,13H2,1-2H3. The van der Waals surface area contributed by atoms with Crippen LogP contribution in [0.4, 0.5) is 11.4 Å². The molecule has 1 amide bonds. The zero-order chi connectivity index (χ0) is 13.1. The van der Waals surface area contributed by atoms with Gasteiger partial charge in [-0.05, 0) is 42.2 Å². The summed E-state index contributed by atoms with van der Waals surface area (Å²) in [6.07, 6.45) is 0.702. The molecular weight excluding hydrogens is 248 g/mol. The molecule has 1 aromatic carbocycles. The molecule has 5 nitrogen and oxygen atoms in total. The highest BCUT2D eigenvalue weighted by Crippen LogP contribution is 2.20. The van der Waals surface area contributed by atoms with Gasteiger partial charge in [0.15, 0.2) is 0 Å². The van der Waals surface area contributed by atoms with Crippen molar-refractivity contribution in [2.75, 3.05) is 17.7 Å². The van der Waals surface area contributed by atoms with Gasteiger partial charge < -0.3 is 10.6 Å². The van der Waals surface area contributed by atoms with E-state index in [4.69, 9.17) is 5.73 Å². The molecule has 94 valence electrons. The predicted octanol–water partition coefficient (Wildman–Crippen LogP) is 1.96. The molecule has 0 fully saturated rings. The fourth-order valence-electron chi connectivity index (χ4n) is 1.57. The second kappa shape index (κ2) is 5.14. The van der Waals surface area contributed by atoms with Gasteiger partial charge >= 0.3 is 0 Å². The summed E-state index contributed by atoms with van der Waals surface area (Å²) in [5.41, 5.74) is 7.83. The third-order valence-electron chi connectivity index (χ3n) is 2.67. The van der Waals surface area contributed by atoms with Gasteiger partial charge in [0.05, 0.1) is 5.69 Å². The Bertz CT molecular complexity index is 549. The van der Waals surface area contributed by atoms with Crippen LogP contribution in [0.15, 0.2) is 24.3 Å². The van der Waals surface area contributed by atoms with Gasteiger partial charge in [-0.15, -0.1) is 5.10 Å². The summed E-state index contributed by atoms with van der Waals surface area (Å²) in [6, 6.07) is 7.16. The largest absolute Gasteiger partial charge is 0.399 e. The summed E-state index contributed by atoms with van der Waals surface area (Å²) in [6.45, 7) is 1.96. The number of benzene rings is 1. The monoisotopic (exact) mass is 262 g/mol. The number of hydrogen-bond acceptors (Lipinski definition) is 5. The molecule has 0 aliphatic rings. The average molecular weight is 262 g/mol. The number of rotatable bonds is 3. The number of nitrogens with two attached hydrogens (primary N) is 1. The summed E-state index contributed by atoms with van der Waals surface area (Å²) in [7, 11) is 1.73. The van der Waals surface area contributed by atoms with Crippen LogP contribution in [0.1, 0.15) is 22.3 Å². The molecule has 0 unspecified atom stereocenters. The van der Waals surface area contributed by atoms with Gasteiger partial charge in [0.2, 0.25) is 0 Å². The molecular formula is C12H14N4OS. The van der Waals surface area contributed by atoms with E-state index in [1.807, 2.05) is 19.1 Å². The van der Waals surface area contributed by atoms with Crippen molar-refractivity contribution in [2.45, 2.75) is 13.3 Å². The van der Waals surface area contributed by atoms with E-state index in [-0.39, 0.29) is 5.91 Å². The van der Waals surface area contributed by atoms with Crippen LogP contribution >= 0.6 is 11.5 Å². The molecule has 0 bridgehead atoms. The molecule has 2 aromatic rings. The number of carbonyl (C=O) groups excluding carboxylic acids is 1. The number of aromatic nitrogens is 2. The van der Waals surface area contributed by atoms with Crippen molar-refractivity contribution in [1.29, 1.82) is 0 Å². The fraction of sp³-hybridized carbons (Fsp3) is 0.250. The topological polar surface area (TPSA) is 72.1 Å². The third kappa shape index (κ3) is 2.33. The molecule has 0 saturated carbocycles. The van der Waals surface area contributed by atoms with Gasteiger partial charge in [-0.25, -0.2) is 0 Å². The lowest BCUT2D eigenvalue weighted by atomic mass is 10.2. The van der Waals surface area contributed by atoms with E-state index in [1.54, 1.807) is 24.1 Å². The van der Waals surface area contributed by atoms with E-state index in [0.29, 0.717) is 17.0 Å². The molecule has 0 atom stereocenters. The van der Waals surface area contributed by atoms with Gasteiger partial charge in [-0.2, -0.15) is 0 Å². The van der Waals surface area contributed by atoms with Crippen LogP contribution in [0.3, 0.4) is 0 Å². The Morgan fingerprint density at radius 2 is 2.06 bits per heavy atom.